The third kappa shape index (κ3) is 3.03. The molecule has 0 unspecified atom stereocenters. The number of anilines is 1. The van der Waals surface area contributed by atoms with Gasteiger partial charge in [-0.15, -0.1) is 0 Å². The van der Waals surface area contributed by atoms with E-state index < -0.39 is 0 Å². The second-order valence-corrected chi connectivity index (χ2v) is 5.64. The Labute approximate surface area is 125 Å². The fraction of sp³-hybridized carbons (Fsp3) is 0.125. The van der Waals surface area contributed by atoms with Crippen molar-refractivity contribution < 1.29 is 4.79 Å². The molecule has 21 heavy (non-hydrogen) atoms. The average molecular weight is 298 g/mol. The summed E-state index contributed by atoms with van der Waals surface area (Å²) in [4.78, 5) is 23.9. The van der Waals surface area contributed by atoms with Gasteiger partial charge in [-0.3, -0.25) is 14.2 Å². The van der Waals surface area contributed by atoms with Gasteiger partial charge in [-0.1, -0.05) is 41.7 Å². The van der Waals surface area contributed by atoms with E-state index in [1.54, 1.807) is 4.57 Å². The van der Waals surface area contributed by atoms with Crippen LogP contribution in [0.2, 0.25) is 0 Å². The van der Waals surface area contributed by atoms with Crippen molar-refractivity contribution in [3.8, 4) is 0 Å². The number of nitrogens with zero attached hydrogens (tertiary/aromatic N) is 1. The van der Waals surface area contributed by atoms with Crippen LogP contribution in [0.25, 0.3) is 10.2 Å². The number of hydrogen-bond acceptors (Lipinski definition) is 3. The van der Waals surface area contributed by atoms with Gasteiger partial charge in [-0.05, 0) is 24.3 Å². The predicted molar refractivity (Wildman–Crippen MR) is 85.8 cm³/mol. The maximum Gasteiger partial charge on any atom is 0.308 e. The number of thiazole rings is 1. The van der Waals surface area contributed by atoms with Crippen molar-refractivity contribution in [1.29, 1.82) is 0 Å². The smallest absolute Gasteiger partial charge is 0.308 e. The Bertz CT molecular complexity index is 821. The SMILES string of the molecule is O=C(CCn1c(=O)sc2ccccc21)Nc1ccccc1. The number of aryl methyl sites for hydroxylation is 1. The molecule has 0 aliphatic heterocycles. The highest BCUT2D eigenvalue weighted by atomic mass is 32.1. The van der Waals surface area contributed by atoms with E-state index in [1.807, 2.05) is 54.6 Å². The van der Waals surface area contributed by atoms with Crippen LogP contribution in [0.1, 0.15) is 6.42 Å². The number of rotatable bonds is 4. The Morgan fingerprint density at radius 3 is 2.57 bits per heavy atom. The van der Waals surface area contributed by atoms with Crippen LogP contribution in [0.4, 0.5) is 5.69 Å². The van der Waals surface area contributed by atoms with Crippen LogP contribution in [0.5, 0.6) is 0 Å². The normalized spacial score (nSPS) is 10.7. The summed E-state index contributed by atoms with van der Waals surface area (Å²) >= 11 is 1.21. The molecule has 0 aliphatic carbocycles. The highest BCUT2D eigenvalue weighted by Gasteiger charge is 2.09. The van der Waals surface area contributed by atoms with Gasteiger partial charge in [0.25, 0.3) is 0 Å². The number of fused-ring (bicyclic) bond motifs is 1. The Hall–Kier alpha value is -2.40. The third-order valence-corrected chi connectivity index (χ3v) is 4.15. The minimum Gasteiger partial charge on any atom is -0.326 e. The number of nitrogens with one attached hydrogen (secondary N) is 1. The minimum absolute atomic E-state index is 0.0243. The van der Waals surface area contributed by atoms with Crippen LogP contribution in [0.3, 0.4) is 0 Å². The molecule has 1 amide bonds. The molecule has 1 heterocycles. The van der Waals surface area contributed by atoms with E-state index in [-0.39, 0.29) is 17.2 Å². The molecule has 0 aliphatic rings. The molecular formula is C16H14N2O2S. The fourth-order valence-electron chi connectivity index (χ4n) is 2.18. The zero-order valence-corrected chi connectivity index (χ0v) is 12.1. The second kappa shape index (κ2) is 5.93. The van der Waals surface area contributed by atoms with E-state index in [9.17, 15) is 9.59 Å². The van der Waals surface area contributed by atoms with E-state index >= 15 is 0 Å². The molecule has 0 spiro atoms. The van der Waals surface area contributed by atoms with Crippen molar-refractivity contribution in [2.75, 3.05) is 5.32 Å². The maximum atomic E-state index is 12.0. The molecule has 2 aromatic carbocycles. The Morgan fingerprint density at radius 2 is 1.76 bits per heavy atom. The summed E-state index contributed by atoms with van der Waals surface area (Å²) in [6.07, 6.45) is 0.273. The lowest BCUT2D eigenvalue weighted by Crippen LogP contribution is -2.19. The Morgan fingerprint density at radius 1 is 1.05 bits per heavy atom. The van der Waals surface area contributed by atoms with Gasteiger partial charge in [-0.2, -0.15) is 0 Å². The zero-order valence-electron chi connectivity index (χ0n) is 11.3. The summed E-state index contributed by atoms with van der Waals surface area (Å²) in [6, 6.07) is 16.9. The number of amides is 1. The van der Waals surface area contributed by atoms with Gasteiger partial charge in [0.1, 0.15) is 0 Å². The lowest BCUT2D eigenvalue weighted by Gasteiger charge is -2.06. The van der Waals surface area contributed by atoms with Gasteiger partial charge in [0.05, 0.1) is 10.2 Å². The quantitative estimate of drug-likeness (QED) is 0.804. The first-order valence-electron chi connectivity index (χ1n) is 6.67. The van der Waals surface area contributed by atoms with E-state index in [0.717, 1.165) is 15.9 Å². The third-order valence-electron chi connectivity index (χ3n) is 3.19. The van der Waals surface area contributed by atoms with Crippen molar-refractivity contribution in [3.63, 3.8) is 0 Å². The van der Waals surface area contributed by atoms with Gasteiger partial charge in [-0.25, -0.2) is 0 Å². The number of hydrogen-bond donors (Lipinski definition) is 1. The van der Waals surface area contributed by atoms with Crippen LogP contribution in [-0.2, 0) is 11.3 Å². The van der Waals surface area contributed by atoms with Gasteiger partial charge in [0, 0.05) is 18.7 Å². The van der Waals surface area contributed by atoms with Crippen LogP contribution < -0.4 is 10.2 Å². The van der Waals surface area contributed by atoms with Crippen LogP contribution in [-0.4, -0.2) is 10.5 Å². The highest BCUT2D eigenvalue weighted by molar-refractivity contribution is 7.16. The summed E-state index contributed by atoms with van der Waals surface area (Å²) < 4.78 is 2.61. The molecular weight excluding hydrogens is 284 g/mol. The molecule has 0 saturated carbocycles. The van der Waals surface area contributed by atoms with E-state index in [4.69, 9.17) is 0 Å². The summed E-state index contributed by atoms with van der Waals surface area (Å²) in [5.74, 6) is -0.0941. The summed E-state index contributed by atoms with van der Waals surface area (Å²) in [5, 5.41) is 2.82. The fourth-order valence-corrected chi connectivity index (χ4v) is 3.10. The molecule has 0 fully saturated rings. The summed E-state index contributed by atoms with van der Waals surface area (Å²) in [6.45, 7) is 0.390. The second-order valence-electron chi connectivity index (χ2n) is 4.65. The Kier molecular flexibility index (Phi) is 3.83. The number of para-hydroxylation sites is 2. The molecule has 0 bridgehead atoms. The molecule has 4 nitrogen and oxygen atoms in total. The van der Waals surface area contributed by atoms with Crippen LogP contribution in [0, 0.1) is 0 Å². The van der Waals surface area contributed by atoms with E-state index in [0.29, 0.717) is 6.54 Å². The maximum absolute atomic E-state index is 12.0. The van der Waals surface area contributed by atoms with Gasteiger partial charge >= 0.3 is 4.87 Å². The van der Waals surface area contributed by atoms with E-state index in [2.05, 4.69) is 5.32 Å². The molecule has 5 heteroatoms. The molecule has 0 atom stereocenters. The first-order valence-corrected chi connectivity index (χ1v) is 7.49. The molecule has 0 saturated heterocycles. The van der Waals surface area contributed by atoms with Gasteiger partial charge in [0.2, 0.25) is 5.91 Å². The lowest BCUT2D eigenvalue weighted by atomic mass is 10.3. The predicted octanol–water partition coefficient (Wildman–Crippen LogP) is 3.09. The van der Waals surface area contributed by atoms with Crippen LogP contribution in [0.15, 0.2) is 59.4 Å². The summed E-state index contributed by atoms with van der Waals surface area (Å²) in [5.41, 5.74) is 1.66. The van der Waals surface area contributed by atoms with Crippen molar-refractivity contribution in [2.45, 2.75) is 13.0 Å². The van der Waals surface area contributed by atoms with Gasteiger partial charge < -0.3 is 5.32 Å². The minimum atomic E-state index is -0.0941. The zero-order chi connectivity index (χ0) is 14.7. The molecule has 3 aromatic rings. The lowest BCUT2D eigenvalue weighted by molar-refractivity contribution is -0.116. The number of aromatic nitrogens is 1. The number of benzene rings is 2. The molecule has 1 N–H and O–H groups in total. The average Bonchev–Trinajstić information content (AvgIpc) is 2.81. The van der Waals surface area contributed by atoms with Gasteiger partial charge in [0.15, 0.2) is 0 Å². The first-order chi connectivity index (χ1) is 10.2. The topological polar surface area (TPSA) is 51.1 Å². The first kappa shape index (κ1) is 13.6. The molecule has 3 rings (SSSR count). The monoisotopic (exact) mass is 298 g/mol. The van der Waals surface area contributed by atoms with Crippen LogP contribution >= 0.6 is 11.3 Å². The summed E-state index contributed by atoms with van der Waals surface area (Å²) in [7, 11) is 0. The molecule has 106 valence electrons. The molecule has 1 aromatic heterocycles. The largest absolute Gasteiger partial charge is 0.326 e. The highest BCUT2D eigenvalue weighted by Crippen LogP contribution is 2.16. The Balaban J connectivity index is 1.71. The van der Waals surface area contributed by atoms with Crippen molar-refractivity contribution in [2.24, 2.45) is 0 Å². The van der Waals surface area contributed by atoms with E-state index in [1.165, 1.54) is 11.3 Å². The van der Waals surface area contributed by atoms with Crippen molar-refractivity contribution in [3.05, 3.63) is 64.3 Å². The number of carbonyl (C=O) groups excluding carboxylic acids is 1. The standard InChI is InChI=1S/C16H14N2O2S/c19-15(17-12-6-2-1-3-7-12)10-11-18-13-8-4-5-9-14(13)21-16(18)20/h1-9H,10-11H2,(H,17,19). The van der Waals surface area contributed by atoms with Crippen molar-refractivity contribution >= 4 is 33.1 Å². The number of carbonyl (C=O) groups is 1. The molecule has 0 radical (unpaired) electrons. The van der Waals surface area contributed by atoms with Crippen molar-refractivity contribution in [1.82, 2.24) is 4.57 Å².